The Labute approximate surface area is 107 Å². The van der Waals surface area contributed by atoms with E-state index in [9.17, 15) is 0 Å². The molecule has 0 atom stereocenters. The predicted molar refractivity (Wildman–Crippen MR) is 73.4 cm³/mol. The highest BCUT2D eigenvalue weighted by Crippen LogP contribution is 2.25. The van der Waals surface area contributed by atoms with Crippen molar-refractivity contribution in [1.82, 2.24) is 10.2 Å². The molecule has 0 heterocycles. The first-order chi connectivity index (χ1) is 8.24. The molecular formula is C14H30N2O. The Bertz CT molecular complexity index is 181. The van der Waals surface area contributed by atoms with Crippen molar-refractivity contribution in [1.29, 1.82) is 0 Å². The van der Waals surface area contributed by atoms with E-state index in [0.717, 1.165) is 31.7 Å². The third kappa shape index (κ3) is 7.74. The summed E-state index contributed by atoms with van der Waals surface area (Å²) in [5, 5.41) is 3.55. The maximum absolute atomic E-state index is 5.16. The van der Waals surface area contributed by atoms with Gasteiger partial charge < -0.3 is 10.1 Å². The van der Waals surface area contributed by atoms with Crippen LogP contribution in [-0.2, 0) is 4.74 Å². The molecule has 0 aromatic carbocycles. The van der Waals surface area contributed by atoms with E-state index in [-0.39, 0.29) is 0 Å². The number of hydrogen-bond acceptors (Lipinski definition) is 3. The molecule has 0 saturated heterocycles. The molecule has 1 aliphatic rings. The quantitative estimate of drug-likeness (QED) is 0.562. The van der Waals surface area contributed by atoms with Crippen LogP contribution in [0.4, 0.5) is 0 Å². The highest BCUT2D eigenvalue weighted by atomic mass is 16.5. The van der Waals surface area contributed by atoms with Gasteiger partial charge in [0.15, 0.2) is 0 Å². The Balaban J connectivity index is 1.95. The van der Waals surface area contributed by atoms with Gasteiger partial charge in [-0.25, -0.2) is 0 Å². The van der Waals surface area contributed by atoms with E-state index in [0.29, 0.717) is 0 Å². The van der Waals surface area contributed by atoms with Crippen molar-refractivity contribution >= 4 is 0 Å². The van der Waals surface area contributed by atoms with Crippen molar-refractivity contribution in [2.24, 2.45) is 5.92 Å². The van der Waals surface area contributed by atoms with Crippen molar-refractivity contribution in [3.63, 3.8) is 0 Å². The Hall–Kier alpha value is -0.120. The van der Waals surface area contributed by atoms with E-state index >= 15 is 0 Å². The molecule has 0 radical (unpaired) electrons. The van der Waals surface area contributed by atoms with Gasteiger partial charge in [-0.15, -0.1) is 0 Å². The lowest BCUT2D eigenvalue weighted by Crippen LogP contribution is -2.36. The minimum Gasteiger partial charge on any atom is -0.383 e. The fourth-order valence-corrected chi connectivity index (χ4v) is 2.11. The van der Waals surface area contributed by atoms with Crippen LogP contribution in [0.2, 0.25) is 0 Å². The smallest absolute Gasteiger partial charge is 0.0589 e. The second kappa shape index (κ2) is 8.90. The second-order valence-corrected chi connectivity index (χ2v) is 5.55. The first-order valence-electron chi connectivity index (χ1n) is 7.17. The van der Waals surface area contributed by atoms with Crippen LogP contribution in [0.1, 0.15) is 39.5 Å². The van der Waals surface area contributed by atoms with Crippen LogP contribution in [0.5, 0.6) is 0 Å². The summed E-state index contributed by atoms with van der Waals surface area (Å²) in [6, 6.07) is 0.850. The summed E-state index contributed by atoms with van der Waals surface area (Å²) >= 11 is 0. The monoisotopic (exact) mass is 242 g/mol. The van der Waals surface area contributed by atoms with Gasteiger partial charge in [-0.05, 0) is 38.1 Å². The minimum absolute atomic E-state index is 0.835. The van der Waals surface area contributed by atoms with Crippen LogP contribution in [0, 0.1) is 5.92 Å². The van der Waals surface area contributed by atoms with Crippen molar-refractivity contribution in [2.75, 3.05) is 39.9 Å². The van der Waals surface area contributed by atoms with Gasteiger partial charge in [0.25, 0.3) is 0 Å². The lowest BCUT2D eigenvalue weighted by Gasteiger charge is -2.21. The van der Waals surface area contributed by atoms with Gasteiger partial charge >= 0.3 is 0 Å². The number of nitrogens with zero attached hydrogens (tertiary/aromatic N) is 1. The third-order valence-corrected chi connectivity index (χ3v) is 3.36. The SMILES string of the molecule is COCCN(CCNCCCC(C)C)C1CC1. The number of methoxy groups -OCH3 is 1. The fraction of sp³-hybridized carbons (Fsp3) is 1.00. The molecule has 1 N–H and O–H groups in total. The van der Waals surface area contributed by atoms with Crippen LogP contribution >= 0.6 is 0 Å². The van der Waals surface area contributed by atoms with Crippen molar-refractivity contribution < 1.29 is 4.74 Å². The summed E-state index contributed by atoms with van der Waals surface area (Å²) < 4.78 is 5.16. The van der Waals surface area contributed by atoms with Crippen molar-refractivity contribution in [2.45, 2.75) is 45.6 Å². The summed E-state index contributed by atoms with van der Waals surface area (Å²) in [6.07, 6.45) is 5.41. The van der Waals surface area contributed by atoms with E-state index in [4.69, 9.17) is 4.74 Å². The van der Waals surface area contributed by atoms with E-state index in [1.165, 1.54) is 38.8 Å². The lowest BCUT2D eigenvalue weighted by molar-refractivity contribution is 0.144. The summed E-state index contributed by atoms with van der Waals surface area (Å²) in [4.78, 5) is 2.57. The molecule has 102 valence electrons. The van der Waals surface area contributed by atoms with Gasteiger partial charge in [-0.1, -0.05) is 13.8 Å². The van der Waals surface area contributed by atoms with E-state index < -0.39 is 0 Å². The van der Waals surface area contributed by atoms with Crippen LogP contribution in [0.15, 0.2) is 0 Å². The number of nitrogens with one attached hydrogen (secondary N) is 1. The second-order valence-electron chi connectivity index (χ2n) is 5.55. The average Bonchev–Trinajstić information content (AvgIpc) is 3.10. The van der Waals surface area contributed by atoms with Crippen LogP contribution in [-0.4, -0.2) is 50.8 Å². The molecule has 17 heavy (non-hydrogen) atoms. The summed E-state index contributed by atoms with van der Waals surface area (Å²) in [5.74, 6) is 0.835. The maximum Gasteiger partial charge on any atom is 0.0589 e. The lowest BCUT2D eigenvalue weighted by atomic mass is 10.1. The first kappa shape index (κ1) is 14.9. The molecule has 0 aromatic heterocycles. The van der Waals surface area contributed by atoms with Gasteiger partial charge in [-0.2, -0.15) is 0 Å². The molecule has 3 nitrogen and oxygen atoms in total. The topological polar surface area (TPSA) is 24.5 Å². The van der Waals surface area contributed by atoms with Gasteiger partial charge in [-0.3, -0.25) is 4.90 Å². The molecule has 0 spiro atoms. The predicted octanol–water partition coefficient (Wildman–Crippen LogP) is 2.12. The minimum atomic E-state index is 0.835. The number of rotatable bonds is 11. The molecule has 0 bridgehead atoms. The Morgan fingerprint density at radius 1 is 1.24 bits per heavy atom. The molecule has 0 unspecified atom stereocenters. The zero-order valence-corrected chi connectivity index (χ0v) is 11.9. The number of hydrogen-bond donors (Lipinski definition) is 1. The maximum atomic E-state index is 5.16. The molecule has 3 heteroatoms. The standard InChI is InChI=1S/C14H30N2O/c1-13(2)5-4-8-15-9-10-16(11-12-17-3)14-6-7-14/h13-15H,4-12H2,1-3H3. The molecule has 0 aromatic rings. The Morgan fingerprint density at radius 3 is 2.59 bits per heavy atom. The summed E-state index contributed by atoms with van der Waals surface area (Å²) in [5.41, 5.74) is 0. The normalized spacial score (nSPS) is 16.1. The highest BCUT2D eigenvalue weighted by Gasteiger charge is 2.27. The van der Waals surface area contributed by atoms with Gasteiger partial charge in [0.05, 0.1) is 6.61 Å². The molecule has 1 rings (SSSR count). The van der Waals surface area contributed by atoms with E-state index in [1.54, 1.807) is 7.11 Å². The average molecular weight is 242 g/mol. The van der Waals surface area contributed by atoms with E-state index in [2.05, 4.69) is 24.1 Å². The molecular weight excluding hydrogens is 212 g/mol. The van der Waals surface area contributed by atoms with E-state index in [1.807, 2.05) is 0 Å². The Kier molecular flexibility index (Phi) is 7.82. The van der Waals surface area contributed by atoms with Gasteiger partial charge in [0.2, 0.25) is 0 Å². The molecule has 0 aliphatic heterocycles. The largest absolute Gasteiger partial charge is 0.383 e. The third-order valence-electron chi connectivity index (χ3n) is 3.36. The van der Waals surface area contributed by atoms with Crippen LogP contribution in [0.25, 0.3) is 0 Å². The summed E-state index contributed by atoms with van der Waals surface area (Å²) in [7, 11) is 1.79. The Morgan fingerprint density at radius 2 is 2.00 bits per heavy atom. The molecule has 1 saturated carbocycles. The summed E-state index contributed by atoms with van der Waals surface area (Å²) in [6.45, 7) is 10.0. The van der Waals surface area contributed by atoms with Crippen LogP contribution in [0.3, 0.4) is 0 Å². The zero-order valence-electron chi connectivity index (χ0n) is 11.9. The molecule has 1 aliphatic carbocycles. The molecule has 1 fully saturated rings. The number of ether oxygens (including phenoxy) is 1. The molecule has 0 amide bonds. The van der Waals surface area contributed by atoms with Crippen molar-refractivity contribution in [3.8, 4) is 0 Å². The van der Waals surface area contributed by atoms with Crippen molar-refractivity contribution in [3.05, 3.63) is 0 Å². The first-order valence-corrected chi connectivity index (χ1v) is 7.17. The fourth-order valence-electron chi connectivity index (χ4n) is 2.11. The van der Waals surface area contributed by atoms with Gasteiger partial charge in [0.1, 0.15) is 0 Å². The highest BCUT2D eigenvalue weighted by molar-refractivity contribution is 4.84. The van der Waals surface area contributed by atoms with Crippen LogP contribution < -0.4 is 5.32 Å². The van der Waals surface area contributed by atoms with Gasteiger partial charge in [0, 0.05) is 32.8 Å². The zero-order chi connectivity index (χ0) is 12.5.